The smallest absolute Gasteiger partial charge is 0.302 e. The van der Waals surface area contributed by atoms with Crippen LogP contribution in [0.1, 0.15) is 6.42 Å². The fourth-order valence-corrected chi connectivity index (χ4v) is 3.10. The summed E-state index contributed by atoms with van der Waals surface area (Å²) in [6, 6.07) is 3.62. The molecule has 1 heterocycles. The zero-order chi connectivity index (χ0) is 15.8. The minimum absolute atomic E-state index is 0.00396. The number of hydrogen-bond acceptors (Lipinski definition) is 6. The van der Waals surface area contributed by atoms with E-state index < -0.39 is 32.7 Å². The Hall–Kier alpha value is -2.23. The zero-order valence-electron chi connectivity index (χ0n) is 10.7. The third-order valence-electron chi connectivity index (χ3n) is 3.15. The van der Waals surface area contributed by atoms with E-state index in [0.29, 0.717) is 0 Å². The van der Waals surface area contributed by atoms with Crippen LogP contribution in [0.15, 0.2) is 18.2 Å². The van der Waals surface area contributed by atoms with E-state index in [1.165, 1.54) is 17.0 Å². The number of nitrogens with two attached hydrogens (primary N) is 1. The Morgan fingerprint density at radius 3 is 2.67 bits per heavy atom. The number of hydrogen-bond donors (Lipinski definition) is 1. The van der Waals surface area contributed by atoms with Gasteiger partial charge in [0.2, 0.25) is 5.91 Å². The number of nitrogens with zero attached hydrogens (tertiary/aromatic N) is 2. The van der Waals surface area contributed by atoms with Crippen molar-refractivity contribution < 1.29 is 22.0 Å². The number of carbonyl (C=O) groups excluding carboxylic acids is 1. The predicted octanol–water partition coefficient (Wildman–Crippen LogP) is 0.829. The molecule has 1 aromatic rings. The second-order valence-corrected chi connectivity index (χ2v) is 6.19. The number of anilines is 2. The van der Waals surface area contributed by atoms with Crippen LogP contribution in [0, 0.1) is 16.0 Å². The molecule has 21 heavy (non-hydrogen) atoms. The number of nitro groups is 1. The summed E-state index contributed by atoms with van der Waals surface area (Å²) in [5.74, 6) is -1.80. The molecule has 0 saturated carbocycles. The first-order chi connectivity index (χ1) is 9.67. The summed E-state index contributed by atoms with van der Waals surface area (Å²) >= 11 is 0. The fraction of sp³-hybridized carbons (Fsp3) is 0.364. The van der Waals surface area contributed by atoms with Crippen LogP contribution in [0.5, 0.6) is 0 Å². The molecule has 0 aliphatic carbocycles. The summed E-state index contributed by atoms with van der Waals surface area (Å²) in [6.07, 6.45) is -0.112. The van der Waals surface area contributed by atoms with Gasteiger partial charge in [0, 0.05) is 31.0 Å². The highest BCUT2D eigenvalue weighted by atomic mass is 32.3. The molecule has 2 rings (SSSR count). The van der Waals surface area contributed by atoms with E-state index >= 15 is 0 Å². The Labute approximate surface area is 119 Å². The van der Waals surface area contributed by atoms with Gasteiger partial charge in [0.15, 0.2) is 0 Å². The van der Waals surface area contributed by atoms with Crippen molar-refractivity contribution in [1.82, 2.24) is 0 Å². The van der Waals surface area contributed by atoms with Gasteiger partial charge in [-0.15, -0.1) is 3.89 Å². The van der Waals surface area contributed by atoms with Gasteiger partial charge in [0.25, 0.3) is 5.69 Å². The summed E-state index contributed by atoms with van der Waals surface area (Å²) in [5, 5.41) is 10.6. The average Bonchev–Trinajstić information content (AvgIpc) is 2.67. The molecule has 1 saturated heterocycles. The number of benzene rings is 1. The van der Waals surface area contributed by atoms with Gasteiger partial charge in [-0.25, -0.2) is 0 Å². The van der Waals surface area contributed by atoms with E-state index in [9.17, 15) is 27.2 Å². The summed E-state index contributed by atoms with van der Waals surface area (Å²) in [6.45, 7) is 0.00396. The standard InChI is InChI=1S/C11H12FN3O5S/c12-21(19,20)6-7-3-11(16)14(5-7)10-2-1-8(15(17)18)4-9(10)13/h1-2,4,7H,3,5-6,13H2. The normalized spacial score (nSPS) is 19.0. The molecule has 0 radical (unpaired) electrons. The second kappa shape index (κ2) is 5.28. The second-order valence-electron chi connectivity index (χ2n) is 4.78. The molecule has 1 aliphatic heterocycles. The van der Waals surface area contributed by atoms with Crippen molar-refractivity contribution in [2.75, 3.05) is 22.9 Å². The van der Waals surface area contributed by atoms with Crippen LogP contribution in [0.3, 0.4) is 0 Å². The first-order valence-electron chi connectivity index (χ1n) is 5.94. The maximum absolute atomic E-state index is 12.7. The summed E-state index contributed by atoms with van der Waals surface area (Å²) in [4.78, 5) is 23.1. The highest BCUT2D eigenvalue weighted by Crippen LogP contribution is 2.32. The maximum atomic E-state index is 12.7. The molecule has 1 amide bonds. The quantitative estimate of drug-likeness (QED) is 0.379. The van der Waals surface area contributed by atoms with Crippen molar-refractivity contribution >= 4 is 33.2 Å². The molecule has 2 N–H and O–H groups in total. The SMILES string of the molecule is Nc1cc([N+](=O)[O-])ccc1N1CC(CS(=O)(=O)F)CC1=O. The average molecular weight is 317 g/mol. The molecular formula is C11H12FN3O5S. The number of amides is 1. The van der Waals surface area contributed by atoms with Crippen LogP contribution >= 0.6 is 0 Å². The summed E-state index contributed by atoms with van der Waals surface area (Å²) < 4.78 is 33.9. The lowest BCUT2D eigenvalue weighted by Crippen LogP contribution is -2.26. The molecule has 0 spiro atoms. The molecule has 0 bridgehead atoms. The molecule has 10 heteroatoms. The molecule has 1 fully saturated rings. The topological polar surface area (TPSA) is 124 Å². The van der Waals surface area contributed by atoms with Crippen molar-refractivity contribution in [1.29, 1.82) is 0 Å². The lowest BCUT2D eigenvalue weighted by atomic mass is 10.1. The largest absolute Gasteiger partial charge is 0.397 e. The number of carbonyl (C=O) groups is 1. The Bertz CT molecular complexity index is 706. The van der Waals surface area contributed by atoms with Crippen molar-refractivity contribution in [3.8, 4) is 0 Å². The van der Waals surface area contributed by atoms with E-state index in [-0.39, 0.29) is 30.0 Å². The van der Waals surface area contributed by atoms with E-state index in [2.05, 4.69) is 0 Å². The predicted molar refractivity (Wildman–Crippen MR) is 72.9 cm³/mol. The van der Waals surface area contributed by atoms with Crippen LogP contribution in [0.4, 0.5) is 20.9 Å². The van der Waals surface area contributed by atoms with Gasteiger partial charge in [-0.2, -0.15) is 8.42 Å². The highest BCUT2D eigenvalue weighted by molar-refractivity contribution is 7.86. The van der Waals surface area contributed by atoms with E-state index in [4.69, 9.17) is 5.73 Å². The van der Waals surface area contributed by atoms with Gasteiger partial charge < -0.3 is 10.6 Å². The van der Waals surface area contributed by atoms with Gasteiger partial charge in [0.1, 0.15) is 0 Å². The summed E-state index contributed by atoms with van der Waals surface area (Å²) in [5.41, 5.74) is 5.75. The number of nitro benzene ring substituents is 1. The lowest BCUT2D eigenvalue weighted by Gasteiger charge is -2.18. The fourth-order valence-electron chi connectivity index (χ4n) is 2.31. The molecule has 1 atom stereocenters. The van der Waals surface area contributed by atoms with Crippen LogP contribution in [0.2, 0.25) is 0 Å². The molecular weight excluding hydrogens is 305 g/mol. The van der Waals surface area contributed by atoms with E-state index in [1.807, 2.05) is 0 Å². The van der Waals surface area contributed by atoms with Gasteiger partial charge >= 0.3 is 10.2 Å². The van der Waals surface area contributed by atoms with Crippen molar-refractivity contribution in [2.24, 2.45) is 5.92 Å². The molecule has 1 unspecified atom stereocenters. The van der Waals surface area contributed by atoms with Crippen LogP contribution in [-0.2, 0) is 15.0 Å². The first-order valence-corrected chi connectivity index (χ1v) is 7.49. The number of nitrogen functional groups attached to an aromatic ring is 1. The minimum Gasteiger partial charge on any atom is -0.397 e. The Morgan fingerprint density at radius 1 is 1.48 bits per heavy atom. The van der Waals surface area contributed by atoms with Crippen LogP contribution in [0.25, 0.3) is 0 Å². The molecule has 8 nitrogen and oxygen atoms in total. The molecule has 1 aliphatic rings. The van der Waals surface area contributed by atoms with Gasteiger partial charge in [0.05, 0.1) is 22.1 Å². The first kappa shape index (κ1) is 15.2. The Morgan fingerprint density at radius 2 is 2.14 bits per heavy atom. The van der Waals surface area contributed by atoms with Crippen LogP contribution < -0.4 is 10.6 Å². The van der Waals surface area contributed by atoms with Gasteiger partial charge in [-0.1, -0.05) is 0 Å². The lowest BCUT2D eigenvalue weighted by molar-refractivity contribution is -0.384. The minimum atomic E-state index is -4.66. The van der Waals surface area contributed by atoms with Gasteiger partial charge in [-0.3, -0.25) is 14.9 Å². The molecule has 0 aromatic heterocycles. The number of halogens is 1. The summed E-state index contributed by atoms with van der Waals surface area (Å²) in [7, 11) is -4.66. The zero-order valence-corrected chi connectivity index (χ0v) is 11.5. The third-order valence-corrected chi connectivity index (χ3v) is 4.02. The number of non-ortho nitro benzene ring substituents is 1. The van der Waals surface area contributed by atoms with Gasteiger partial charge in [-0.05, 0) is 6.07 Å². The monoisotopic (exact) mass is 317 g/mol. The third kappa shape index (κ3) is 3.45. The molecule has 114 valence electrons. The van der Waals surface area contributed by atoms with Crippen molar-refractivity contribution in [3.05, 3.63) is 28.3 Å². The van der Waals surface area contributed by atoms with E-state index in [0.717, 1.165) is 6.07 Å². The molecule has 1 aromatic carbocycles. The van der Waals surface area contributed by atoms with Crippen molar-refractivity contribution in [2.45, 2.75) is 6.42 Å². The van der Waals surface area contributed by atoms with E-state index in [1.54, 1.807) is 0 Å². The highest BCUT2D eigenvalue weighted by Gasteiger charge is 2.34. The Kier molecular flexibility index (Phi) is 3.81. The Balaban J connectivity index is 2.23. The maximum Gasteiger partial charge on any atom is 0.302 e. The van der Waals surface area contributed by atoms with Crippen molar-refractivity contribution in [3.63, 3.8) is 0 Å². The number of rotatable bonds is 4. The van der Waals surface area contributed by atoms with Crippen LogP contribution in [-0.4, -0.2) is 31.5 Å².